The molecular weight excluding hydrogens is 382 g/mol. The molecule has 5 rings (SSSR count). The van der Waals surface area contributed by atoms with Crippen molar-refractivity contribution in [2.24, 2.45) is 0 Å². The molecule has 3 aromatic rings. The first-order valence-electron chi connectivity index (χ1n) is 10.2. The number of H-pyrrole nitrogens is 1. The highest BCUT2D eigenvalue weighted by Gasteiger charge is 2.44. The van der Waals surface area contributed by atoms with E-state index in [1.54, 1.807) is 11.8 Å². The van der Waals surface area contributed by atoms with Gasteiger partial charge in [0, 0.05) is 25.5 Å². The zero-order valence-corrected chi connectivity index (χ0v) is 16.8. The largest absolute Gasteiger partial charge is 0.368 e. The molecule has 154 valence electrons. The highest BCUT2D eigenvalue weighted by atomic mass is 16.5. The number of carbonyl (C=O) groups is 1. The van der Waals surface area contributed by atoms with Crippen LogP contribution in [0.25, 0.3) is 5.69 Å². The number of hydrogen-bond donors (Lipinski definition) is 1. The Morgan fingerprint density at radius 1 is 1.20 bits per heavy atom. The van der Waals surface area contributed by atoms with Crippen molar-refractivity contribution in [2.45, 2.75) is 31.8 Å². The van der Waals surface area contributed by atoms with Gasteiger partial charge in [-0.1, -0.05) is 18.2 Å². The minimum absolute atomic E-state index is 0.0788. The van der Waals surface area contributed by atoms with Gasteiger partial charge in [-0.2, -0.15) is 5.10 Å². The van der Waals surface area contributed by atoms with Crippen LogP contribution in [0.15, 0.2) is 47.5 Å². The van der Waals surface area contributed by atoms with Crippen LogP contribution in [0.3, 0.4) is 0 Å². The maximum absolute atomic E-state index is 12.8. The number of likely N-dealkylation sites (tertiary alicyclic amines) is 1. The van der Waals surface area contributed by atoms with E-state index in [0.29, 0.717) is 38.4 Å². The lowest BCUT2D eigenvalue weighted by atomic mass is 9.83. The smallest absolute Gasteiger partial charge is 0.263 e. The number of nitrogens with zero attached hydrogens (tertiary/aromatic N) is 4. The monoisotopic (exact) mass is 405 g/mol. The molecule has 0 aliphatic carbocycles. The molecule has 1 spiro atoms. The van der Waals surface area contributed by atoms with Crippen LogP contribution >= 0.6 is 0 Å². The maximum Gasteiger partial charge on any atom is 0.263 e. The Morgan fingerprint density at radius 2 is 1.97 bits per heavy atom. The van der Waals surface area contributed by atoms with Crippen molar-refractivity contribution >= 4 is 5.91 Å². The molecule has 1 aromatic carbocycles. The Labute approximate surface area is 173 Å². The molecule has 1 saturated heterocycles. The van der Waals surface area contributed by atoms with Gasteiger partial charge >= 0.3 is 0 Å². The number of rotatable bonds is 2. The summed E-state index contributed by atoms with van der Waals surface area (Å²) >= 11 is 0. The predicted octanol–water partition coefficient (Wildman–Crippen LogP) is 1.97. The minimum Gasteiger partial charge on any atom is -0.368 e. The standard InChI is InChI=1S/C22H23N5O3/c1-15-23-13-18(20(28)24-15)21(29)26-10-8-22(9-11-26)19-16(7-12-30-22)14-27(25-19)17-5-3-2-4-6-17/h2-6,13-14H,7-12H2,1H3,(H,23,24,28). The molecule has 2 aliphatic heterocycles. The lowest BCUT2D eigenvalue weighted by Gasteiger charge is -2.42. The van der Waals surface area contributed by atoms with Crippen molar-refractivity contribution in [1.29, 1.82) is 0 Å². The van der Waals surface area contributed by atoms with Crippen molar-refractivity contribution in [3.63, 3.8) is 0 Å². The summed E-state index contributed by atoms with van der Waals surface area (Å²) in [5.41, 5.74) is 2.38. The molecule has 8 heteroatoms. The van der Waals surface area contributed by atoms with Crippen molar-refractivity contribution in [2.75, 3.05) is 19.7 Å². The Morgan fingerprint density at radius 3 is 2.70 bits per heavy atom. The number of aryl methyl sites for hydroxylation is 1. The van der Waals surface area contributed by atoms with E-state index in [4.69, 9.17) is 9.84 Å². The third-order valence-electron chi connectivity index (χ3n) is 6.01. The van der Waals surface area contributed by atoms with Gasteiger partial charge in [-0.05, 0) is 43.9 Å². The SMILES string of the molecule is Cc1ncc(C(=O)N2CCC3(CC2)OCCc2cn(-c4ccccc4)nc23)c(=O)[nH]1. The molecule has 1 N–H and O–H groups in total. The molecule has 8 nitrogen and oxygen atoms in total. The average molecular weight is 405 g/mol. The zero-order chi connectivity index (χ0) is 20.7. The molecule has 30 heavy (non-hydrogen) atoms. The van der Waals surface area contributed by atoms with E-state index < -0.39 is 11.2 Å². The lowest BCUT2D eigenvalue weighted by Crippen LogP contribution is -2.49. The first-order valence-corrected chi connectivity index (χ1v) is 10.2. The Kier molecular flexibility index (Phi) is 4.51. The quantitative estimate of drug-likeness (QED) is 0.704. The highest BCUT2D eigenvalue weighted by Crippen LogP contribution is 2.41. The molecule has 0 bridgehead atoms. The molecular formula is C22H23N5O3. The van der Waals surface area contributed by atoms with Gasteiger partial charge in [-0.25, -0.2) is 9.67 Å². The maximum atomic E-state index is 12.8. The number of ether oxygens (including phenoxy) is 1. The van der Waals surface area contributed by atoms with Crippen LogP contribution in [-0.4, -0.2) is 50.3 Å². The predicted molar refractivity (Wildman–Crippen MR) is 110 cm³/mol. The Hall–Kier alpha value is -3.26. The molecule has 0 saturated carbocycles. The number of amides is 1. The summed E-state index contributed by atoms with van der Waals surface area (Å²) in [4.78, 5) is 33.3. The summed E-state index contributed by atoms with van der Waals surface area (Å²) in [6.07, 6.45) is 5.57. The number of para-hydroxylation sites is 1. The van der Waals surface area contributed by atoms with E-state index in [9.17, 15) is 9.59 Å². The molecule has 0 unspecified atom stereocenters. The van der Waals surface area contributed by atoms with Gasteiger partial charge in [-0.3, -0.25) is 9.59 Å². The summed E-state index contributed by atoms with van der Waals surface area (Å²) < 4.78 is 8.17. The summed E-state index contributed by atoms with van der Waals surface area (Å²) in [5.74, 6) is 0.204. The third-order valence-corrected chi connectivity index (χ3v) is 6.01. The third kappa shape index (κ3) is 3.13. The van der Waals surface area contributed by atoms with Crippen LogP contribution in [0, 0.1) is 6.92 Å². The minimum atomic E-state index is -0.484. The van der Waals surface area contributed by atoms with E-state index in [1.165, 1.54) is 11.8 Å². The van der Waals surface area contributed by atoms with Crippen molar-refractivity contribution in [3.8, 4) is 5.69 Å². The molecule has 4 heterocycles. The molecule has 2 aromatic heterocycles. The van der Waals surface area contributed by atoms with Gasteiger partial charge < -0.3 is 14.6 Å². The molecule has 1 amide bonds. The Bertz CT molecular complexity index is 1140. The first kappa shape index (κ1) is 18.7. The van der Waals surface area contributed by atoms with Crippen LogP contribution < -0.4 is 5.56 Å². The number of fused-ring (bicyclic) bond motifs is 2. The lowest BCUT2D eigenvalue weighted by molar-refractivity contribution is -0.0963. The summed E-state index contributed by atoms with van der Waals surface area (Å²) in [6, 6.07) is 10.0. The first-order chi connectivity index (χ1) is 14.6. The van der Waals surface area contributed by atoms with Gasteiger partial charge in [0.1, 0.15) is 17.0 Å². The van der Waals surface area contributed by atoms with Gasteiger partial charge in [0.15, 0.2) is 0 Å². The van der Waals surface area contributed by atoms with E-state index >= 15 is 0 Å². The van der Waals surface area contributed by atoms with E-state index in [2.05, 4.69) is 16.2 Å². The van der Waals surface area contributed by atoms with E-state index in [0.717, 1.165) is 17.8 Å². The van der Waals surface area contributed by atoms with E-state index in [1.807, 2.05) is 35.0 Å². The molecule has 2 aliphatic rings. The topological polar surface area (TPSA) is 93.1 Å². The second kappa shape index (κ2) is 7.21. The number of nitrogens with one attached hydrogen (secondary N) is 1. The number of hydrogen-bond acceptors (Lipinski definition) is 5. The van der Waals surface area contributed by atoms with Gasteiger partial charge in [-0.15, -0.1) is 0 Å². The summed E-state index contributed by atoms with van der Waals surface area (Å²) in [5, 5.41) is 4.87. The van der Waals surface area contributed by atoms with Gasteiger partial charge in [0.05, 0.1) is 18.0 Å². The zero-order valence-electron chi connectivity index (χ0n) is 16.8. The van der Waals surface area contributed by atoms with Crippen LogP contribution in [0.2, 0.25) is 0 Å². The van der Waals surface area contributed by atoms with Gasteiger partial charge in [0.2, 0.25) is 0 Å². The van der Waals surface area contributed by atoms with Crippen LogP contribution in [-0.2, 0) is 16.8 Å². The second-order valence-corrected chi connectivity index (χ2v) is 7.88. The van der Waals surface area contributed by atoms with Crippen LogP contribution in [0.4, 0.5) is 0 Å². The number of aromatic nitrogens is 4. The molecule has 1 fully saturated rings. The number of benzene rings is 1. The fourth-order valence-electron chi connectivity index (χ4n) is 4.37. The summed E-state index contributed by atoms with van der Waals surface area (Å²) in [6.45, 7) is 3.34. The van der Waals surface area contributed by atoms with Crippen LogP contribution in [0.5, 0.6) is 0 Å². The van der Waals surface area contributed by atoms with Crippen LogP contribution in [0.1, 0.15) is 40.3 Å². The Balaban J connectivity index is 1.38. The summed E-state index contributed by atoms with van der Waals surface area (Å²) in [7, 11) is 0. The second-order valence-electron chi connectivity index (χ2n) is 7.88. The number of aromatic amines is 1. The average Bonchev–Trinajstić information content (AvgIpc) is 3.21. The normalized spacial score (nSPS) is 17.7. The molecule has 0 atom stereocenters. The number of carbonyl (C=O) groups excluding carboxylic acids is 1. The van der Waals surface area contributed by atoms with Crippen molar-refractivity contribution < 1.29 is 9.53 Å². The fraction of sp³-hybridized carbons (Fsp3) is 0.364. The van der Waals surface area contributed by atoms with Crippen molar-refractivity contribution in [3.05, 3.63) is 75.7 Å². The fourth-order valence-corrected chi connectivity index (χ4v) is 4.37. The van der Waals surface area contributed by atoms with Crippen molar-refractivity contribution in [1.82, 2.24) is 24.6 Å². The number of piperidine rings is 1. The van der Waals surface area contributed by atoms with E-state index in [-0.39, 0.29) is 11.5 Å². The van der Waals surface area contributed by atoms with Gasteiger partial charge in [0.25, 0.3) is 11.5 Å². The highest BCUT2D eigenvalue weighted by molar-refractivity contribution is 5.93. The molecule has 0 radical (unpaired) electrons.